The number of nitrogens with two attached hydrogens (primary N) is 1. The van der Waals surface area contributed by atoms with E-state index in [1.165, 1.54) is 6.07 Å². The summed E-state index contributed by atoms with van der Waals surface area (Å²) in [5.74, 6) is -1.15. The molecule has 0 fully saturated rings. The molecule has 0 aliphatic rings. The van der Waals surface area contributed by atoms with E-state index in [1.807, 2.05) is 0 Å². The van der Waals surface area contributed by atoms with E-state index in [9.17, 15) is 9.59 Å². The molecule has 1 rings (SSSR count). The molecule has 0 bridgehead atoms. The number of nitrogens with zero attached hydrogens (tertiary/aromatic N) is 1. The quantitative estimate of drug-likeness (QED) is 0.457. The van der Waals surface area contributed by atoms with Gasteiger partial charge in [-0.05, 0) is 0 Å². The van der Waals surface area contributed by atoms with Gasteiger partial charge in [-0.25, -0.2) is 0 Å². The Morgan fingerprint density at radius 2 is 2.36 bits per heavy atom. The van der Waals surface area contributed by atoms with Crippen molar-refractivity contribution in [3.05, 3.63) is 17.5 Å². The van der Waals surface area contributed by atoms with Crippen LogP contribution in [0.25, 0.3) is 0 Å². The second-order valence-electron chi connectivity index (χ2n) is 2.51. The molecule has 14 heavy (non-hydrogen) atoms. The Morgan fingerprint density at radius 1 is 1.64 bits per heavy atom. The van der Waals surface area contributed by atoms with Gasteiger partial charge in [0.2, 0.25) is 0 Å². The van der Waals surface area contributed by atoms with Crippen LogP contribution < -0.4 is 11.1 Å². The Morgan fingerprint density at radius 3 is 2.86 bits per heavy atom. The molecule has 0 atom stereocenters. The van der Waals surface area contributed by atoms with E-state index < -0.39 is 11.8 Å². The Bertz CT molecular complexity index is 346. The maximum Gasteiger partial charge on any atom is 0.269 e. The van der Waals surface area contributed by atoms with Gasteiger partial charge in [0, 0.05) is 12.6 Å². The molecule has 0 aromatic carbocycles. The van der Waals surface area contributed by atoms with Crippen molar-refractivity contribution in [1.82, 2.24) is 15.5 Å². The molecule has 1 aromatic heterocycles. The van der Waals surface area contributed by atoms with Gasteiger partial charge in [-0.2, -0.15) is 5.10 Å². The smallest absolute Gasteiger partial charge is 0.269 e. The SMILES string of the molecule is NC(=O)c1cc(C(=O)NCCO)[nH]n1. The standard InChI is InChI=1S/C7H10N4O3/c8-6(13)4-3-5(11-10-4)7(14)9-1-2-12/h3,12H,1-2H2,(H2,8,13)(H,9,14)(H,10,11). The predicted octanol–water partition coefficient (Wildman–Crippen LogP) is -1.77. The minimum absolute atomic E-state index is 0.000788. The fraction of sp³-hybridized carbons (Fsp3) is 0.286. The monoisotopic (exact) mass is 198 g/mol. The molecule has 0 saturated heterocycles. The number of hydrogen-bond donors (Lipinski definition) is 4. The van der Waals surface area contributed by atoms with Crippen LogP contribution in [-0.2, 0) is 0 Å². The normalized spacial score (nSPS) is 9.79. The summed E-state index contributed by atoms with van der Waals surface area (Å²) < 4.78 is 0. The zero-order valence-corrected chi connectivity index (χ0v) is 7.28. The van der Waals surface area contributed by atoms with E-state index in [4.69, 9.17) is 10.8 Å². The van der Waals surface area contributed by atoms with Crippen LogP contribution in [0.15, 0.2) is 6.07 Å². The highest BCUT2D eigenvalue weighted by Gasteiger charge is 2.11. The van der Waals surface area contributed by atoms with Crippen molar-refractivity contribution >= 4 is 11.8 Å². The number of amides is 2. The first kappa shape index (κ1) is 10.2. The second kappa shape index (κ2) is 4.38. The molecular weight excluding hydrogens is 188 g/mol. The van der Waals surface area contributed by atoms with Gasteiger partial charge in [-0.15, -0.1) is 0 Å². The van der Waals surface area contributed by atoms with Gasteiger partial charge >= 0.3 is 0 Å². The molecule has 7 heteroatoms. The third kappa shape index (κ3) is 2.30. The molecule has 76 valence electrons. The maximum atomic E-state index is 11.2. The minimum Gasteiger partial charge on any atom is -0.395 e. The molecule has 2 amide bonds. The van der Waals surface area contributed by atoms with Gasteiger partial charge in [0.1, 0.15) is 5.69 Å². The Labute approximate surface area is 79.3 Å². The van der Waals surface area contributed by atoms with Crippen LogP contribution in [0.1, 0.15) is 21.0 Å². The topological polar surface area (TPSA) is 121 Å². The number of primary amides is 1. The highest BCUT2D eigenvalue weighted by atomic mass is 16.3. The van der Waals surface area contributed by atoms with Crippen molar-refractivity contribution in [2.24, 2.45) is 5.73 Å². The van der Waals surface area contributed by atoms with Crippen LogP contribution in [0.2, 0.25) is 0 Å². The summed E-state index contributed by atoms with van der Waals surface area (Å²) in [6, 6.07) is 1.25. The minimum atomic E-state index is -0.706. The number of carbonyl (C=O) groups excluding carboxylic acids is 2. The lowest BCUT2D eigenvalue weighted by Gasteiger charge is -1.98. The fourth-order valence-corrected chi connectivity index (χ4v) is 0.829. The van der Waals surface area contributed by atoms with Crippen molar-refractivity contribution in [3.63, 3.8) is 0 Å². The molecule has 0 spiro atoms. The zero-order chi connectivity index (χ0) is 10.6. The van der Waals surface area contributed by atoms with Crippen LogP contribution >= 0.6 is 0 Å². The number of aromatic nitrogens is 2. The number of rotatable bonds is 4. The van der Waals surface area contributed by atoms with Crippen molar-refractivity contribution in [2.75, 3.05) is 13.2 Å². The molecule has 0 radical (unpaired) electrons. The van der Waals surface area contributed by atoms with Gasteiger partial charge in [0.25, 0.3) is 11.8 Å². The van der Waals surface area contributed by atoms with E-state index in [0.717, 1.165) is 0 Å². The number of hydrogen-bond acceptors (Lipinski definition) is 4. The highest BCUT2D eigenvalue weighted by molar-refractivity contribution is 5.96. The average Bonchev–Trinajstić information content (AvgIpc) is 2.62. The van der Waals surface area contributed by atoms with Crippen molar-refractivity contribution in [2.45, 2.75) is 0 Å². The Hall–Kier alpha value is -1.89. The van der Waals surface area contributed by atoms with Crippen LogP contribution in [0.5, 0.6) is 0 Å². The van der Waals surface area contributed by atoms with Gasteiger partial charge in [-0.1, -0.05) is 0 Å². The molecule has 0 aliphatic carbocycles. The number of carbonyl (C=O) groups is 2. The van der Waals surface area contributed by atoms with Gasteiger partial charge < -0.3 is 16.2 Å². The molecule has 1 heterocycles. The summed E-state index contributed by atoms with van der Waals surface area (Å²) in [6.07, 6.45) is 0. The lowest BCUT2D eigenvalue weighted by Crippen LogP contribution is -2.26. The summed E-state index contributed by atoms with van der Waals surface area (Å²) >= 11 is 0. The predicted molar refractivity (Wildman–Crippen MR) is 46.5 cm³/mol. The molecule has 5 N–H and O–H groups in total. The first-order valence-corrected chi connectivity index (χ1v) is 3.89. The number of aromatic amines is 1. The van der Waals surface area contributed by atoms with Crippen LogP contribution in [0.3, 0.4) is 0 Å². The zero-order valence-electron chi connectivity index (χ0n) is 7.28. The molecule has 0 aliphatic heterocycles. The molecule has 7 nitrogen and oxygen atoms in total. The summed E-state index contributed by atoms with van der Waals surface area (Å²) in [7, 11) is 0. The van der Waals surface area contributed by atoms with Gasteiger partial charge in [0.15, 0.2) is 5.69 Å². The van der Waals surface area contributed by atoms with E-state index >= 15 is 0 Å². The van der Waals surface area contributed by atoms with Gasteiger partial charge in [-0.3, -0.25) is 14.7 Å². The van der Waals surface area contributed by atoms with Crippen molar-refractivity contribution in [3.8, 4) is 0 Å². The Balaban J connectivity index is 2.66. The van der Waals surface area contributed by atoms with E-state index in [2.05, 4.69) is 15.5 Å². The first-order valence-electron chi connectivity index (χ1n) is 3.89. The number of aliphatic hydroxyl groups excluding tert-OH is 1. The first-order chi connectivity index (χ1) is 6.65. The second-order valence-corrected chi connectivity index (χ2v) is 2.51. The van der Waals surface area contributed by atoms with E-state index in [-0.39, 0.29) is 24.5 Å². The van der Waals surface area contributed by atoms with E-state index in [1.54, 1.807) is 0 Å². The fourth-order valence-electron chi connectivity index (χ4n) is 0.829. The highest BCUT2D eigenvalue weighted by Crippen LogP contribution is 1.97. The van der Waals surface area contributed by atoms with Crippen LogP contribution in [-0.4, -0.2) is 40.3 Å². The molecular formula is C7H10N4O3. The largest absolute Gasteiger partial charge is 0.395 e. The average molecular weight is 198 g/mol. The lowest BCUT2D eigenvalue weighted by atomic mass is 10.3. The van der Waals surface area contributed by atoms with Gasteiger partial charge in [0.05, 0.1) is 6.61 Å². The lowest BCUT2D eigenvalue weighted by molar-refractivity contribution is 0.0939. The van der Waals surface area contributed by atoms with Crippen molar-refractivity contribution in [1.29, 1.82) is 0 Å². The summed E-state index contributed by atoms with van der Waals surface area (Å²) in [5, 5.41) is 16.7. The number of nitrogens with one attached hydrogen (secondary N) is 2. The van der Waals surface area contributed by atoms with Crippen LogP contribution in [0, 0.1) is 0 Å². The number of H-pyrrole nitrogens is 1. The summed E-state index contributed by atoms with van der Waals surface area (Å²) in [5.41, 5.74) is 5.07. The molecule has 0 unspecified atom stereocenters. The number of aliphatic hydroxyl groups is 1. The molecule has 1 aromatic rings. The molecule has 0 saturated carbocycles. The van der Waals surface area contributed by atoms with Crippen molar-refractivity contribution < 1.29 is 14.7 Å². The Kier molecular flexibility index (Phi) is 3.19. The third-order valence-electron chi connectivity index (χ3n) is 1.47. The summed E-state index contributed by atoms with van der Waals surface area (Å²) in [4.78, 5) is 21.8. The van der Waals surface area contributed by atoms with E-state index in [0.29, 0.717) is 0 Å². The third-order valence-corrected chi connectivity index (χ3v) is 1.47. The summed E-state index contributed by atoms with van der Waals surface area (Å²) in [6.45, 7) is -0.00763. The van der Waals surface area contributed by atoms with Crippen LogP contribution in [0.4, 0.5) is 0 Å². The maximum absolute atomic E-state index is 11.2.